The first-order valence-electron chi connectivity index (χ1n) is 23.5. The topological polar surface area (TPSA) is 177 Å². The van der Waals surface area contributed by atoms with Crippen LogP contribution in [0.5, 0.6) is 0 Å². The van der Waals surface area contributed by atoms with Crippen LogP contribution >= 0.6 is 0 Å². The van der Waals surface area contributed by atoms with Gasteiger partial charge in [0.2, 0.25) is 5.91 Å². The van der Waals surface area contributed by atoms with E-state index >= 15 is 0 Å². The Morgan fingerprint density at radius 2 is 1.51 bits per heavy atom. The van der Waals surface area contributed by atoms with E-state index in [2.05, 4.69) is 54.1 Å². The second-order valence-electron chi connectivity index (χ2n) is 18.3. The van der Waals surface area contributed by atoms with Crippen LogP contribution in [0.15, 0.2) is 122 Å². The molecule has 7 heterocycles. The van der Waals surface area contributed by atoms with Gasteiger partial charge in [-0.3, -0.25) is 33.7 Å². The van der Waals surface area contributed by atoms with Crippen LogP contribution in [0.25, 0.3) is 0 Å². The average molecular weight is 922 g/mol. The van der Waals surface area contributed by atoms with Crippen molar-refractivity contribution >= 4 is 46.9 Å². The van der Waals surface area contributed by atoms with Gasteiger partial charge in [0.25, 0.3) is 29.5 Å². The molecule has 3 N–H and O–H groups in total. The molecule has 10 rings (SSSR count). The fourth-order valence-corrected chi connectivity index (χ4v) is 10.1. The molecule has 3 fully saturated rings. The molecule has 0 bridgehead atoms. The molecule has 15 nitrogen and oxygen atoms in total. The SMILES string of the molecule is C=C1CCC(N2C(=O)c3ccc(N4CCC(CN5CCC(NC(=O)c6ccc(C#Cc7ccc8c(c7)C(=O)N(C(C(=O)Nc7ccccn7)c7ccccc7)C8)cn6)CC5)CC4)cc3C2=O)C(=O)N1. The predicted molar refractivity (Wildman–Crippen MR) is 258 cm³/mol. The summed E-state index contributed by atoms with van der Waals surface area (Å²) >= 11 is 0. The third-order valence-corrected chi connectivity index (χ3v) is 13.8. The van der Waals surface area contributed by atoms with Crippen LogP contribution in [-0.2, 0) is 16.1 Å². The molecule has 6 amide bonds. The molecule has 0 aliphatic carbocycles. The number of amides is 6. The van der Waals surface area contributed by atoms with Gasteiger partial charge in [-0.2, -0.15) is 0 Å². The van der Waals surface area contributed by atoms with Gasteiger partial charge in [-0.05, 0) is 110 Å². The van der Waals surface area contributed by atoms with Crippen molar-refractivity contribution in [2.24, 2.45) is 5.92 Å². The number of aromatic nitrogens is 2. The van der Waals surface area contributed by atoms with Gasteiger partial charge in [-0.1, -0.05) is 60.9 Å². The Labute approximate surface area is 400 Å². The summed E-state index contributed by atoms with van der Waals surface area (Å²) in [4.78, 5) is 96.1. The number of hydrogen-bond acceptors (Lipinski definition) is 10. The summed E-state index contributed by atoms with van der Waals surface area (Å²) in [6.45, 7) is 8.51. The summed E-state index contributed by atoms with van der Waals surface area (Å²) < 4.78 is 0. The number of likely N-dealkylation sites (tertiary alicyclic amines) is 1. The fourth-order valence-electron chi connectivity index (χ4n) is 10.1. The third-order valence-electron chi connectivity index (χ3n) is 13.8. The Kier molecular flexibility index (Phi) is 12.6. The fraction of sp³-hybridized carbons (Fsp3) is 0.296. The van der Waals surface area contributed by atoms with Crippen LogP contribution < -0.4 is 20.9 Å². The van der Waals surface area contributed by atoms with Crippen LogP contribution in [-0.4, -0.2) is 105 Å². The number of carbonyl (C=O) groups excluding carboxylic acids is 6. The number of pyridine rings is 2. The number of fused-ring (bicyclic) bond motifs is 2. The van der Waals surface area contributed by atoms with Gasteiger partial charge in [0, 0.05) is 85.8 Å². The second-order valence-corrected chi connectivity index (χ2v) is 18.3. The van der Waals surface area contributed by atoms with E-state index in [9.17, 15) is 28.8 Å². The minimum Gasteiger partial charge on any atom is -0.371 e. The highest BCUT2D eigenvalue weighted by molar-refractivity contribution is 6.23. The van der Waals surface area contributed by atoms with Crippen LogP contribution in [0.2, 0.25) is 0 Å². The number of nitrogens with one attached hydrogen (secondary N) is 3. The van der Waals surface area contributed by atoms with Crippen molar-refractivity contribution in [1.82, 2.24) is 35.3 Å². The first-order chi connectivity index (χ1) is 33.6. The Balaban J connectivity index is 0.680. The molecule has 0 radical (unpaired) electrons. The lowest BCUT2D eigenvalue weighted by atomic mass is 9.94. The summed E-state index contributed by atoms with van der Waals surface area (Å²) in [5, 5.41) is 8.71. The standard InChI is InChI=1S/C54H51N9O6/c1-34-10-19-46(50(65)57-34)63-53(68)42-17-16-41(30-44(42)54(63)69)61-27-20-37(21-28-61)32-60-25-22-40(23-26-60)58-49(64)45-18-14-36(31-56-45)12-11-35-13-15-39-33-62(52(67)43(39)29-35)48(38-7-3-2-4-8-38)51(66)59-47-9-5-6-24-55-47/h2-9,13-18,24,29-31,37,40,46,48H,1,10,19-23,25-28,32-33H2,(H,57,65)(H,58,64)(H,55,59,66). The van der Waals surface area contributed by atoms with Gasteiger partial charge < -0.3 is 30.7 Å². The number of hydrogen-bond donors (Lipinski definition) is 3. The molecule has 348 valence electrons. The first-order valence-corrected chi connectivity index (χ1v) is 23.5. The van der Waals surface area contributed by atoms with Crippen LogP contribution in [0, 0.1) is 17.8 Å². The summed E-state index contributed by atoms with van der Waals surface area (Å²) in [7, 11) is 0. The molecule has 0 spiro atoms. The zero-order valence-corrected chi connectivity index (χ0v) is 38.0. The molecular formula is C54H51N9O6. The maximum Gasteiger partial charge on any atom is 0.270 e. The number of anilines is 2. The van der Waals surface area contributed by atoms with E-state index in [-0.39, 0.29) is 36.2 Å². The molecule has 0 saturated carbocycles. The number of piperidine rings is 3. The molecule has 3 saturated heterocycles. The highest BCUT2D eigenvalue weighted by Gasteiger charge is 2.44. The minimum atomic E-state index is -0.870. The first kappa shape index (κ1) is 44.9. The van der Waals surface area contributed by atoms with E-state index in [0.717, 1.165) is 74.6 Å². The maximum atomic E-state index is 13.9. The highest BCUT2D eigenvalue weighted by Crippen LogP contribution is 2.35. The van der Waals surface area contributed by atoms with Crippen LogP contribution in [0.1, 0.15) is 108 Å². The third kappa shape index (κ3) is 9.48. The molecule has 3 aromatic carbocycles. The molecular weight excluding hydrogens is 871 g/mol. The molecule has 5 aliphatic heterocycles. The molecule has 2 aromatic heterocycles. The lowest BCUT2D eigenvalue weighted by molar-refractivity contribution is -0.125. The van der Waals surface area contributed by atoms with E-state index in [1.54, 1.807) is 65.8 Å². The number of benzene rings is 3. The zero-order chi connectivity index (χ0) is 47.6. The highest BCUT2D eigenvalue weighted by atomic mass is 16.2. The quantitative estimate of drug-likeness (QED) is 0.116. The van der Waals surface area contributed by atoms with E-state index in [4.69, 9.17) is 0 Å². The predicted octanol–water partition coefficient (Wildman–Crippen LogP) is 5.71. The number of nitrogens with zero attached hydrogens (tertiary/aromatic N) is 6. The summed E-state index contributed by atoms with van der Waals surface area (Å²) in [5.41, 5.74) is 5.77. The molecule has 5 aromatic rings. The largest absolute Gasteiger partial charge is 0.371 e. The van der Waals surface area contributed by atoms with E-state index < -0.39 is 23.9 Å². The van der Waals surface area contributed by atoms with Crippen LogP contribution in [0.4, 0.5) is 11.5 Å². The molecule has 5 aliphatic rings. The molecule has 15 heteroatoms. The summed E-state index contributed by atoms with van der Waals surface area (Å²) in [5.74, 6) is 5.11. The summed E-state index contributed by atoms with van der Waals surface area (Å²) in [6, 6.07) is 27.2. The number of allylic oxidation sites excluding steroid dienone is 1. The van der Waals surface area contributed by atoms with Crippen molar-refractivity contribution in [1.29, 1.82) is 0 Å². The van der Waals surface area contributed by atoms with Crippen molar-refractivity contribution in [2.45, 2.75) is 63.2 Å². The number of rotatable bonds is 10. The Morgan fingerprint density at radius 1 is 0.754 bits per heavy atom. The van der Waals surface area contributed by atoms with Gasteiger partial charge in [0.15, 0.2) is 0 Å². The monoisotopic (exact) mass is 921 g/mol. The Hall–Kier alpha value is -7.96. The van der Waals surface area contributed by atoms with Gasteiger partial charge in [0.1, 0.15) is 23.6 Å². The normalized spacial score (nSPS) is 19.1. The maximum absolute atomic E-state index is 13.9. The van der Waals surface area contributed by atoms with Crippen molar-refractivity contribution in [2.75, 3.05) is 42.9 Å². The minimum absolute atomic E-state index is 0.0471. The van der Waals surface area contributed by atoms with Crippen molar-refractivity contribution in [3.63, 3.8) is 0 Å². The Bertz CT molecular complexity index is 2920. The van der Waals surface area contributed by atoms with Gasteiger partial charge in [0.05, 0.1) is 11.1 Å². The zero-order valence-electron chi connectivity index (χ0n) is 38.0. The van der Waals surface area contributed by atoms with Gasteiger partial charge in [-0.15, -0.1) is 0 Å². The van der Waals surface area contributed by atoms with Gasteiger partial charge in [-0.25, -0.2) is 9.97 Å². The lowest BCUT2D eigenvalue weighted by Gasteiger charge is -2.38. The Morgan fingerprint density at radius 3 is 2.25 bits per heavy atom. The second kappa shape index (κ2) is 19.3. The average Bonchev–Trinajstić information content (AvgIpc) is 3.82. The number of imide groups is 1. The van der Waals surface area contributed by atoms with E-state index in [1.165, 1.54) is 0 Å². The molecule has 2 atom stereocenters. The van der Waals surface area contributed by atoms with E-state index in [1.807, 2.05) is 48.5 Å². The smallest absolute Gasteiger partial charge is 0.270 e. The van der Waals surface area contributed by atoms with Gasteiger partial charge >= 0.3 is 0 Å². The number of carbonyl (C=O) groups is 6. The molecule has 69 heavy (non-hydrogen) atoms. The van der Waals surface area contributed by atoms with Crippen LogP contribution in [0.3, 0.4) is 0 Å². The molecule has 2 unspecified atom stereocenters. The van der Waals surface area contributed by atoms with Crippen molar-refractivity contribution in [3.8, 4) is 11.8 Å². The van der Waals surface area contributed by atoms with E-state index in [0.29, 0.717) is 69.3 Å². The summed E-state index contributed by atoms with van der Waals surface area (Å²) in [6.07, 6.45) is 7.76. The van der Waals surface area contributed by atoms with Crippen molar-refractivity contribution < 1.29 is 28.8 Å². The lowest BCUT2D eigenvalue weighted by Crippen LogP contribution is -2.51. The van der Waals surface area contributed by atoms with Crippen molar-refractivity contribution in [3.05, 3.63) is 166 Å².